The van der Waals surface area contributed by atoms with Gasteiger partial charge in [-0.15, -0.1) is 0 Å². The molecule has 0 aromatic carbocycles. The maximum atomic E-state index is 12.6. The Morgan fingerprint density at radius 3 is 2.43 bits per heavy atom. The zero-order valence-corrected chi connectivity index (χ0v) is 19.4. The minimum Gasteiger partial charge on any atom is -0.462 e. The first-order chi connectivity index (χ1) is 14.2. The van der Waals surface area contributed by atoms with Gasteiger partial charge in [0.15, 0.2) is 5.78 Å². The first-order valence-corrected chi connectivity index (χ1v) is 11.9. The van der Waals surface area contributed by atoms with Crippen LogP contribution in [0.5, 0.6) is 0 Å². The van der Waals surface area contributed by atoms with E-state index in [1.807, 2.05) is 13.8 Å². The summed E-state index contributed by atoms with van der Waals surface area (Å²) in [4.78, 5) is 25.2. The van der Waals surface area contributed by atoms with Crippen molar-refractivity contribution >= 4 is 11.8 Å². The number of ketones is 1. The maximum absolute atomic E-state index is 12.6. The van der Waals surface area contributed by atoms with Crippen LogP contribution in [0.15, 0.2) is 12.2 Å². The Kier molecular flexibility index (Phi) is 10.0. The second-order valence-electron chi connectivity index (χ2n) is 9.79. The normalized spacial score (nSPS) is 38.0. The predicted molar refractivity (Wildman–Crippen MR) is 118 cm³/mol. The van der Waals surface area contributed by atoms with Crippen LogP contribution in [0.2, 0.25) is 0 Å². The number of fused-ring (bicyclic) bond motifs is 2. The molecule has 2 aliphatic heterocycles. The van der Waals surface area contributed by atoms with Gasteiger partial charge in [0.05, 0.1) is 18.1 Å². The molecule has 0 aromatic heterocycles. The molecule has 2 fully saturated rings. The molecule has 7 atom stereocenters. The van der Waals surface area contributed by atoms with Gasteiger partial charge in [0, 0.05) is 12.8 Å². The number of aliphatic hydroxyl groups is 1. The van der Waals surface area contributed by atoms with Crippen molar-refractivity contribution in [2.75, 3.05) is 0 Å². The molecule has 2 saturated heterocycles. The van der Waals surface area contributed by atoms with Crippen molar-refractivity contribution in [3.8, 4) is 0 Å². The van der Waals surface area contributed by atoms with E-state index in [9.17, 15) is 14.7 Å². The molecule has 5 heteroatoms. The Morgan fingerprint density at radius 1 is 1.03 bits per heavy atom. The van der Waals surface area contributed by atoms with Crippen LogP contribution in [0.1, 0.15) is 91.9 Å². The number of rotatable bonds is 2. The molecule has 0 aliphatic carbocycles. The molecule has 0 amide bonds. The molecule has 0 saturated carbocycles. The number of aliphatic hydroxyl groups excluding tert-OH is 1. The zero-order chi connectivity index (χ0) is 22.3. The first kappa shape index (κ1) is 25.1. The standard InChI is InChI=1S/C25H42O5/c1-6-9-20-13-16(2)12-19(5)24(27)22(26)15-21-14-18(4)23(29-21)11-8-7-10-17(3)25(28)30-20/h17-21,23-24,27H,2,6-15H2,1,3-5H3/t17-,18-,19+,20?,21+,23-,24?/m0/s1. The Bertz CT molecular complexity index is 586. The van der Waals surface area contributed by atoms with Crippen LogP contribution in [-0.4, -0.2) is 41.3 Å². The fourth-order valence-corrected chi connectivity index (χ4v) is 4.84. The Morgan fingerprint density at radius 2 is 1.73 bits per heavy atom. The zero-order valence-electron chi connectivity index (χ0n) is 19.4. The van der Waals surface area contributed by atoms with E-state index in [2.05, 4.69) is 20.4 Å². The Labute approximate surface area is 182 Å². The van der Waals surface area contributed by atoms with Crippen LogP contribution < -0.4 is 0 Å². The molecule has 2 bridgehead atoms. The highest BCUT2D eigenvalue weighted by Crippen LogP contribution is 2.32. The molecular weight excluding hydrogens is 380 g/mol. The van der Waals surface area contributed by atoms with Crippen LogP contribution in [0, 0.1) is 17.8 Å². The van der Waals surface area contributed by atoms with Crippen molar-refractivity contribution in [3.63, 3.8) is 0 Å². The Hall–Kier alpha value is -1.20. The minimum atomic E-state index is -1.01. The van der Waals surface area contributed by atoms with Crippen LogP contribution in [0.3, 0.4) is 0 Å². The van der Waals surface area contributed by atoms with E-state index in [0.29, 0.717) is 18.8 Å². The molecule has 2 heterocycles. The summed E-state index contributed by atoms with van der Waals surface area (Å²) in [5, 5.41) is 10.6. The van der Waals surface area contributed by atoms with Gasteiger partial charge in [0.1, 0.15) is 12.2 Å². The van der Waals surface area contributed by atoms with Crippen molar-refractivity contribution in [1.29, 1.82) is 0 Å². The van der Waals surface area contributed by atoms with Crippen molar-refractivity contribution in [2.24, 2.45) is 17.8 Å². The molecule has 2 rings (SSSR count). The van der Waals surface area contributed by atoms with Gasteiger partial charge in [0.2, 0.25) is 0 Å². The first-order valence-electron chi connectivity index (χ1n) is 11.9. The van der Waals surface area contributed by atoms with Gasteiger partial charge in [-0.2, -0.15) is 0 Å². The SMILES string of the molecule is C=C1CC(CCC)OC(=O)[C@@H](C)CCCC[C@@H]2O[C@@H](CC(=O)C(O)[C@H](C)C1)C[C@@H]2C. The average molecular weight is 423 g/mol. The third-order valence-corrected chi connectivity index (χ3v) is 6.73. The minimum absolute atomic E-state index is 0.0933. The number of Topliss-reactive ketones (excluding diaryl/α,β-unsaturated/α-hetero) is 1. The van der Waals surface area contributed by atoms with E-state index in [1.165, 1.54) is 0 Å². The lowest BCUT2D eigenvalue weighted by molar-refractivity contribution is -0.154. The van der Waals surface area contributed by atoms with Crippen molar-refractivity contribution in [2.45, 2.75) is 116 Å². The average Bonchev–Trinajstić information content (AvgIpc) is 3.02. The number of esters is 1. The molecule has 1 N–H and O–H groups in total. The van der Waals surface area contributed by atoms with Crippen molar-refractivity contribution < 1.29 is 24.2 Å². The lowest BCUT2D eigenvalue weighted by Crippen LogP contribution is -2.31. The second-order valence-corrected chi connectivity index (χ2v) is 9.79. The maximum Gasteiger partial charge on any atom is 0.308 e. The third kappa shape index (κ3) is 7.49. The highest BCUT2D eigenvalue weighted by Gasteiger charge is 2.35. The highest BCUT2D eigenvalue weighted by atomic mass is 16.5. The lowest BCUT2D eigenvalue weighted by Gasteiger charge is -2.24. The molecule has 172 valence electrons. The summed E-state index contributed by atoms with van der Waals surface area (Å²) in [7, 11) is 0. The summed E-state index contributed by atoms with van der Waals surface area (Å²) in [6.45, 7) is 12.2. The second kappa shape index (κ2) is 12.0. The molecular formula is C25H42O5. The van der Waals surface area contributed by atoms with Crippen molar-refractivity contribution in [1.82, 2.24) is 0 Å². The van der Waals surface area contributed by atoms with Gasteiger partial charge < -0.3 is 14.6 Å². The van der Waals surface area contributed by atoms with Gasteiger partial charge in [-0.3, -0.25) is 9.59 Å². The van der Waals surface area contributed by atoms with Gasteiger partial charge in [-0.25, -0.2) is 0 Å². The van der Waals surface area contributed by atoms with Gasteiger partial charge in [-0.05, 0) is 43.9 Å². The molecule has 5 nitrogen and oxygen atoms in total. The quantitative estimate of drug-likeness (QED) is 0.501. The van der Waals surface area contributed by atoms with Gasteiger partial charge >= 0.3 is 5.97 Å². The number of hydrogen-bond acceptors (Lipinski definition) is 5. The fourth-order valence-electron chi connectivity index (χ4n) is 4.84. The van der Waals surface area contributed by atoms with Crippen LogP contribution in [0.4, 0.5) is 0 Å². The summed E-state index contributed by atoms with van der Waals surface area (Å²) in [5.74, 6) is -0.174. The molecule has 0 radical (unpaired) electrons. The summed E-state index contributed by atoms with van der Waals surface area (Å²) in [6, 6.07) is 0. The predicted octanol–water partition coefficient (Wildman–Crippen LogP) is 4.99. The summed E-state index contributed by atoms with van der Waals surface area (Å²) < 4.78 is 12.0. The van der Waals surface area contributed by atoms with Crippen LogP contribution in [-0.2, 0) is 19.1 Å². The molecule has 0 aromatic rings. The number of carbonyl (C=O) groups excluding carboxylic acids is 2. The van der Waals surface area contributed by atoms with Gasteiger partial charge in [0.25, 0.3) is 0 Å². The topological polar surface area (TPSA) is 72.8 Å². The number of carbonyl (C=O) groups is 2. The number of hydrogen-bond donors (Lipinski definition) is 1. The van der Waals surface area contributed by atoms with Crippen molar-refractivity contribution in [3.05, 3.63) is 12.2 Å². The Balaban J connectivity index is 2.09. The largest absolute Gasteiger partial charge is 0.462 e. The lowest BCUT2D eigenvalue weighted by atomic mass is 9.89. The smallest absolute Gasteiger partial charge is 0.308 e. The van der Waals surface area contributed by atoms with E-state index in [0.717, 1.165) is 50.5 Å². The highest BCUT2D eigenvalue weighted by molar-refractivity contribution is 5.83. The van der Waals surface area contributed by atoms with E-state index in [4.69, 9.17) is 9.47 Å². The number of ether oxygens (including phenoxy) is 2. The summed E-state index contributed by atoms with van der Waals surface area (Å²) >= 11 is 0. The number of cyclic esters (lactones) is 1. The van der Waals surface area contributed by atoms with Gasteiger partial charge in [-0.1, -0.05) is 59.1 Å². The molecule has 0 spiro atoms. The van der Waals surface area contributed by atoms with E-state index in [-0.39, 0.29) is 48.3 Å². The van der Waals surface area contributed by atoms with E-state index < -0.39 is 6.10 Å². The monoisotopic (exact) mass is 422 g/mol. The fraction of sp³-hybridized carbons (Fsp3) is 0.840. The third-order valence-electron chi connectivity index (χ3n) is 6.73. The summed E-state index contributed by atoms with van der Waals surface area (Å²) in [5.41, 5.74) is 0.917. The van der Waals surface area contributed by atoms with E-state index >= 15 is 0 Å². The molecule has 2 aliphatic rings. The van der Waals surface area contributed by atoms with Crippen LogP contribution in [0.25, 0.3) is 0 Å². The summed E-state index contributed by atoms with van der Waals surface area (Å²) in [6.07, 6.45) is 6.63. The molecule has 30 heavy (non-hydrogen) atoms. The van der Waals surface area contributed by atoms with Crippen LogP contribution >= 0.6 is 0 Å². The van der Waals surface area contributed by atoms with E-state index in [1.54, 1.807) is 0 Å². The molecule has 2 unspecified atom stereocenters.